The fourth-order valence-electron chi connectivity index (χ4n) is 6.13. The fourth-order valence-corrected chi connectivity index (χ4v) is 6.13. The quantitative estimate of drug-likeness (QED) is 0.261. The van der Waals surface area contributed by atoms with E-state index in [0.717, 1.165) is 18.9 Å². The maximum absolute atomic E-state index is 14.4. The van der Waals surface area contributed by atoms with Gasteiger partial charge >= 0.3 is 6.36 Å². The van der Waals surface area contributed by atoms with E-state index in [1.807, 2.05) is 0 Å². The molecule has 0 radical (unpaired) electrons. The highest BCUT2D eigenvalue weighted by Gasteiger charge is 2.41. The number of halogens is 5. The number of benzene rings is 2. The van der Waals surface area contributed by atoms with Crippen molar-refractivity contribution in [1.82, 2.24) is 15.0 Å². The van der Waals surface area contributed by atoms with Crippen LogP contribution in [0.5, 0.6) is 5.75 Å². The number of nitrogens with one attached hydrogen (secondary N) is 2. The number of hydrogen-bond acceptors (Lipinski definition) is 4. The lowest BCUT2D eigenvalue weighted by molar-refractivity contribution is -0.274. The van der Waals surface area contributed by atoms with E-state index in [2.05, 4.69) is 26.9 Å². The predicted molar refractivity (Wildman–Crippen MR) is 133 cm³/mol. The summed E-state index contributed by atoms with van der Waals surface area (Å²) < 4.78 is 70.3. The van der Waals surface area contributed by atoms with Gasteiger partial charge in [0, 0.05) is 40.9 Å². The van der Waals surface area contributed by atoms with Gasteiger partial charge in [-0.2, -0.15) is 0 Å². The fraction of sp³-hybridized carbons (Fsp3) is 0.357. The Labute approximate surface area is 215 Å². The Hall–Kier alpha value is -3.69. The molecule has 5 nitrogen and oxygen atoms in total. The number of aromatic nitrogens is 3. The van der Waals surface area contributed by atoms with Crippen LogP contribution in [0.1, 0.15) is 32.6 Å². The number of ether oxygens (including phenoxy) is 1. The summed E-state index contributed by atoms with van der Waals surface area (Å²) in [7, 11) is 0. The van der Waals surface area contributed by atoms with Crippen molar-refractivity contribution in [3.63, 3.8) is 0 Å². The number of alkyl halides is 3. The molecule has 0 unspecified atom stereocenters. The van der Waals surface area contributed by atoms with Crippen LogP contribution in [0.25, 0.3) is 33.5 Å². The summed E-state index contributed by atoms with van der Waals surface area (Å²) >= 11 is 0. The molecule has 2 bridgehead atoms. The number of aromatic amines is 1. The van der Waals surface area contributed by atoms with E-state index >= 15 is 0 Å². The Morgan fingerprint density at radius 1 is 0.947 bits per heavy atom. The summed E-state index contributed by atoms with van der Waals surface area (Å²) in [6.45, 7) is 2.25. The number of fused-ring (bicyclic) bond motifs is 4. The monoisotopic (exact) mass is 528 g/mol. The summed E-state index contributed by atoms with van der Waals surface area (Å²) in [6.07, 6.45) is 1.49. The van der Waals surface area contributed by atoms with Crippen LogP contribution in [-0.2, 0) is 0 Å². The number of rotatable bonds is 5. The maximum atomic E-state index is 14.4. The van der Waals surface area contributed by atoms with Crippen molar-refractivity contribution in [2.75, 3.05) is 5.32 Å². The molecule has 0 aliphatic heterocycles. The molecule has 2 N–H and O–H groups in total. The van der Waals surface area contributed by atoms with E-state index < -0.39 is 18.0 Å². The Morgan fingerprint density at radius 3 is 2.34 bits per heavy atom. The molecule has 0 amide bonds. The summed E-state index contributed by atoms with van der Waals surface area (Å²) in [4.78, 5) is 12.2. The third-order valence-electron chi connectivity index (χ3n) is 8.01. The summed E-state index contributed by atoms with van der Waals surface area (Å²) in [5.74, 6) is 0.626. The third-order valence-corrected chi connectivity index (χ3v) is 8.01. The van der Waals surface area contributed by atoms with E-state index in [1.165, 1.54) is 49.4 Å². The normalized spacial score (nSPS) is 23.1. The van der Waals surface area contributed by atoms with E-state index in [4.69, 9.17) is 4.98 Å². The zero-order valence-electron chi connectivity index (χ0n) is 20.4. The largest absolute Gasteiger partial charge is 0.573 e. The molecule has 3 fully saturated rings. The lowest BCUT2D eigenvalue weighted by Crippen LogP contribution is -2.47. The summed E-state index contributed by atoms with van der Waals surface area (Å²) in [6, 6.07) is 9.41. The zero-order chi connectivity index (χ0) is 26.6. The smallest absolute Gasteiger partial charge is 0.406 e. The van der Waals surface area contributed by atoms with Crippen LogP contribution >= 0.6 is 0 Å². The predicted octanol–water partition coefficient (Wildman–Crippen LogP) is 7.71. The Morgan fingerprint density at radius 2 is 1.66 bits per heavy atom. The molecule has 2 aromatic carbocycles. The topological polar surface area (TPSA) is 62.8 Å². The average Bonchev–Trinajstić information content (AvgIpc) is 3.30. The minimum Gasteiger partial charge on any atom is -0.406 e. The van der Waals surface area contributed by atoms with Crippen molar-refractivity contribution in [1.29, 1.82) is 0 Å². The van der Waals surface area contributed by atoms with Crippen LogP contribution in [0.2, 0.25) is 0 Å². The van der Waals surface area contributed by atoms with E-state index in [1.54, 1.807) is 6.07 Å². The van der Waals surface area contributed by atoms with Gasteiger partial charge in [-0.25, -0.2) is 18.7 Å². The molecule has 38 heavy (non-hydrogen) atoms. The van der Waals surface area contributed by atoms with E-state index in [0.29, 0.717) is 45.8 Å². The van der Waals surface area contributed by atoms with Gasteiger partial charge in [-0.3, -0.25) is 0 Å². The van der Waals surface area contributed by atoms with Gasteiger partial charge in [0.15, 0.2) is 5.82 Å². The molecule has 0 spiro atoms. The highest BCUT2D eigenvalue weighted by molar-refractivity contribution is 5.94. The highest BCUT2D eigenvalue weighted by Crippen LogP contribution is 2.46. The summed E-state index contributed by atoms with van der Waals surface area (Å²) in [5.41, 5.74) is 1.55. The van der Waals surface area contributed by atoms with Crippen molar-refractivity contribution >= 4 is 16.7 Å². The number of H-pyrrole nitrogens is 1. The van der Waals surface area contributed by atoms with Crippen LogP contribution < -0.4 is 10.1 Å². The first-order chi connectivity index (χ1) is 18.1. The van der Waals surface area contributed by atoms with Gasteiger partial charge in [-0.05, 0) is 73.8 Å². The molecule has 0 saturated heterocycles. The molecule has 4 aromatic rings. The molecule has 3 saturated carbocycles. The van der Waals surface area contributed by atoms with Gasteiger partial charge in [0.2, 0.25) is 0 Å². The lowest BCUT2D eigenvalue weighted by Gasteiger charge is -2.47. The van der Waals surface area contributed by atoms with Crippen molar-refractivity contribution < 1.29 is 26.7 Å². The van der Waals surface area contributed by atoms with Crippen molar-refractivity contribution in [2.24, 2.45) is 17.8 Å². The first-order valence-corrected chi connectivity index (χ1v) is 12.6. The van der Waals surface area contributed by atoms with Crippen LogP contribution in [-0.4, -0.2) is 27.4 Å². The molecular weight excluding hydrogens is 503 g/mol. The van der Waals surface area contributed by atoms with Crippen LogP contribution in [0.3, 0.4) is 0 Å². The van der Waals surface area contributed by atoms with E-state index in [-0.39, 0.29) is 23.1 Å². The maximum Gasteiger partial charge on any atom is 0.573 e. The van der Waals surface area contributed by atoms with Crippen molar-refractivity contribution in [3.8, 4) is 28.4 Å². The molecule has 3 aliphatic rings. The van der Waals surface area contributed by atoms with Gasteiger partial charge < -0.3 is 15.0 Å². The SMILES string of the molecule is C[C@H]1C2CCC(CC2)[C@@H]1Nc1cc(-c2ccc(OC(F)(F)F)cc2)nc(-c2c[nH]c3c(F)cc(F)cc23)n1. The molecule has 10 heteroatoms. The van der Waals surface area contributed by atoms with Gasteiger partial charge in [-0.15, -0.1) is 13.2 Å². The minimum absolute atomic E-state index is 0.136. The number of nitrogens with zero attached hydrogens (tertiary/aromatic N) is 2. The second kappa shape index (κ2) is 9.25. The van der Waals surface area contributed by atoms with Gasteiger partial charge in [-0.1, -0.05) is 6.92 Å². The van der Waals surface area contributed by atoms with Crippen LogP contribution in [0.15, 0.2) is 48.7 Å². The second-order valence-electron chi connectivity index (χ2n) is 10.3. The van der Waals surface area contributed by atoms with E-state index in [9.17, 15) is 22.0 Å². The Kier molecular flexibility index (Phi) is 6.00. The number of anilines is 1. The lowest BCUT2D eigenvalue weighted by atomic mass is 9.62. The van der Waals surface area contributed by atoms with Crippen LogP contribution in [0.4, 0.5) is 27.8 Å². The van der Waals surface area contributed by atoms with Gasteiger partial charge in [0.05, 0.1) is 11.2 Å². The average molecular weight is 529 g/mol. The first kappa shape index (κ1) is 24.6. The highest BCUT2D eigenvalue weighted by atomic mass is 19.4. The molecule has 2 aromatic heterocycles. The van der Waals surface area contributed by atoms with Gasteiger partial charge in [0.1, 0.15) is 23.2 Å². The minimum atomic E-state index is -4.79. The molecule has 198 valence electrons. The molecule has 7 rings (SSSR count). The molecule has 3 aliphatic carbocycles. The van der Waals surface area contributed by atoms with Crippen LogP contribution in [0, 0.1) is 29.4 Å². The molecule has 2 atom stereocenters. The van der Waals surface area contributed by atoms with Gasteiger partial charge in [0.25, 0.3) is 0 Å². The Balaban J connectivity index is 1.42. The molecular formula is C28H25F5N4O. The zero-order valence-corrected chi connectivity index (χ0v) is 20.4. The molecule has 2 heterocycles. The van der Waals surface area contributed by atoms with Crippen molar-refractivity contribution in [3.05, 3.63) is 60.3 Å². The third kappa shape index (κ3) is 4.68. The Bertz CT molecular complexity index is 1470. The summed E-state index contributed by atoms with van der Waals surface area (Å²) in [5, 5.41) is 3.90. The standard InChI is InChI=1S/C28H25F5N4O/c1-14-15-2-4-17(5-3-15)25(14)36-24-12-23(16-6-8-19(9-7-16)38-28(31,32)33)35-27(37-24)21-13-34-26-20(21)10-18(29)11-22(26)30/h6-15,17,25,34H,2-5H2,1H3,(H,35,36,37)/t14-,15?,17?,25+/m0/s1. The first-order valence-electron chi connectivity index (χ1n) is 12.6. The van der Waals surface area contributed by atoms with Crippen molar-refractivity contribution in [2.45, 2.75) is 45.0 Å². The second-order valence-corrected chi connectivity index (χ2v) is 10.3. The number of hydrogen-bond donors (Lipinski definition) is 2.